The first-order chi connectivity index (χ1) is 9.08. The van der Waals surface area contributed by atoms with Crippen molar-refractivity contribution in [1.29, 1.82) is 0 Å². The molecule has 2 atom stereocenters. The maximum Gasteiger partial charge on any atom is 0.148 e. The maximum atomic E-state index is 14.0. The Bertz CT molecular complexity index is 479. The molecule has 1 aliphatic heterocycles. The zero-order chi connectivity index (χ0) is 13.5. The highest BCUT2D eigenvalue weighted by molar-refractivity contribution is 5.55. The zero-order valence-corrected chi connectivity index (χ0v) is 11.1. The van der Waals surface area contributed by atoms with Gasteiger partial charge in [0.1, 0.15) is 5.82 Å². The molecule has 0 bridgehead atoms. The number of halogens is 1. The van der Waals surface area contributed by atoms with Crippen LogP contribution >= 0.6 is 0 Å². The summed E-state index contributed by atoms with van der Waals surface area (Å²) in [6, 6.07) is 4.86. The fourth-order valence-electron chi connectivity index (χ4n) is 3.57. The fourth-order valence-corrected chi connectivity index (χ4v) is 3.57. The summed E-state index contributed by atoms with van der Waals surface area (Å²) in [6.07, 6.45) is 4.97. The number of nitrogens with two attached hydrogens (primary N) is 1. The van der Waals surface area contributed by atoms with Crippen molar-refractivity contribution >= 4 is 11.4 Å². The summed E-state index contributed by atoms with van der Waals surface area (Å²) < 4.78 is 14.0. The molecule has 1 aromatic rings. The standard InChI is InChI=1S/C15H21FN2O/c16-13-9-12(17)4-5-14(13)18-8-7-15(19)6-2-1-3-11(15)10-18/h4-5,9,11,19H,1-3,6-8,10,17H2. The van der Waals surface area contributed by atoms with Crippen LogP contribution in [0.2, 0.25) is 0 Å². The first-order valence-electron chi connectivity index (χ1n) is 7.11. The second-order valence-electron chi connectivity index (χ2n) is 5.95. The molecule has 3 N–H and O–H groups in total. The number of nitrogens with zero attached hydrogens (tertiary/aromatic N) is 1. The van der Waals surface area contributed by atoms with E-state index < -0.39 is 5.60 Å². The van der Waals surface area contributed by atoms with E-state index in [0.717, 1.165) is 32.2 Å². The molecule has 1 aliphatic carbocycles. The molecule has 1 aromatic carbocycles. The van der Waals surface area contributed by atoms with Crippen molar-refractivity contribution in [3.05, 3.63) is 24.0 Å². The van der Waals surface area contributed by atoms with Crippen LogP contribution in [0.15, 0.2) is 18.2 Å². The van der Waals surface area contributed by atoms with Gasteiger partial charge < -0.3 is 15.7 Å². The van der Waals surface area contributed by atoms with E-state index in [0.29, 0.717) is 17.9 Å². The summed E-state index contributed by atoms with van der Waals surface area (Å²) in [5.74, 6) is 0.00759. The summed E-state index contributed by atoms with van der Waals surface area (Å²) in [6.45, 7) is 1.46. The summed E-state index contributed by atoms with van der Waals surface area (Å²) in [7, 11) is 0. The van der Waals surface area contributed by atoms with Crippen molar-refractivity contribution in [3.63, 3.8) is 0 Å². The van der Waals surface area contributed by atoms with E-state index in [4.69, 9.17) is 5.73 Å². The van der Waals surface area contributed by atoms with Crippen molar-refractivity contribution in [2.24, 2.45) is 5.92 Å². The van der Waals surface area contributed by atoms with Gasteiger partial charge in [-0.1, -0.05) is 12.8 Å². The number of hydrogen-bond donors (Lipinski definition) is 2. The van der Waals surface area contributed by atoms with E-state index in [1.807, 2.05) is 0 Å². The van der Waals surface area contributed by atoms with Gasteiger partial charge in [-0.25, -0.2) is 4.39 Å². The van der Waals surface area contributed by atoms with Crippen molar-refractivity contribution in [1.82, 2.24) is 0 Å². The van der Waals surface area contributed by atoms with Gasteiger partial charge in [-0.05, 0) is 37.5 Å². The third-order valence-corrected chi connectivity index (χ3v) is 4.74. The first-order valence-corrected chi connectivity index (χ1v) is 7.11. The van der Waals surface area contributed by atoms with Gasteiger partial charge in [-0.15, -0.1) is 0 Å². The Morgan fingerprint density at radius 1 is 1.32 bits per heavy atom. The Balaban J connectivity index is 1.80. The van der Waals surface area contributed by atoms with Crippen LogP contribution in [-0.4, -0.2) is 23.8 Å². The van der Waals surface area contributed by atoms with Gasteiger partial charge >= 0.3 is 0 Å². The lowest BCUT2D eigenvalue weighted by Crippen LogP contribution is -2.53. The van der Waals surface area contributed by atoms with Crippen LogP contribution in [-0.2, 0) is 0 Å². The lowest BCUT2D eigenvalue weighted by Gasteiger charge is -2.48. The highest BCUT2D eigenvalue weighted by Gasteiger charge is 2.43. The minimum absolute atomic E-state index is 0.263. The van der Waals surface area contributed by atoms with Gasteiger partial charge in [-0.2, -0.15) is 0 Å². The number of nitrogen functional groups attached to an aromatic ring is 1. The van der Waals surface area contributed by atoms with Gasteiger partial charge in [-0.3, -0.25) is 0 Å². The smallest absolute Gasteiger partial charge is 0.148 e. The number of rotatable bonds is 1. The first kappa shape index (κ1) is 12.7. The van der Waals surface area contributed by atoms with Crippen LogP contribution in [0.1, 0.15) is 32.1 Å². The van der Waals surface area contributed by atoms with Gasteiger partial charge in [0, 0.05) is 24.7 Å². The quantitative estimate of drug-likeness (QED) is 0.766. The average Bonchev–Trinajstić information content (AvgIpc) is 2.38. The molecule has 2 unspecified atom stereocenters. The number of hydrogen-bond acceptors (Lipinski definition) is 3. The van der Waals surface area contributed by atoms with Crippen LogP contribution < -0.4 is 10.6 Å². The average molecular weight is 264 g/mol. The number of anilines is 2. The molecule has 104 valence electrons. The predicted octanol–water partition coefficient (Wildman–Crippen LogP) is 2.54. The molecule has 2 aliphatic rings. The Labute approximate surface area is 113 Å². The number of piperidine rings is 1. The Morgan fingerprint density at radius 2 is 2.16 bits per heavy atom. The van der Waals surface area contributed by atoms with Crippen molar-refractivity contribution in [2.75, 3.05) is 23.7 Å². The third kappa shape index (κ3) is 2.29. The fraction of sp³-hybridized carbons (Fsp3) is 0.600. The highest BCUT2D eigenvalue weighted by atomic mass is 19.1. The lowest BCUT2D eigenvalue weighted by atomic mass is 9.71. The van der Waals surface area contributed by atoms with E-state index in [9.17, 15) is 9.50 Å². The van der Waals surface area contributed by atoms with Crippen molar-refractivity contribution in [3.8, 4) is 0 Å². The second kappa shape index (κ2) is 4.67. The van der Waals surface area contributed by atoms with Gasteiger partial charge in [0.25, 0.3) is 0 Å². The molecule has 19 heavy (non-hydrogen) atoms. The Morgan fingerprint density at radius 3 is 2.95 bits per heavy atom. The molecule has 0 spiro atoms. The minimum atomic E-state index is -0.515. The molecule has 0 amide bonds. The molecule has 3 rings (SSSR count). The van der Waals surface area contributed by atoms with E-state index >= 15 is 0 Å². The van der Waals surface area contributed by atoms with Gasteiger partial charge in [0.05, 0.1) is 11.3 Å². The summed E-state index contributed by atoms with van der Waals surface area (Å²) >= 11 is 0. The largest absolute Gasteiger partial charge is 0.399 e. The van der Waals surface area contributed by atoms with Crippen LogP contribution in [0.3, 0.4) is 0 Å². The molecule has 1 heterocycles. The highest BCUT2D eigenvalue weighted by Crippen LogP contribution is 2.41. The van der Waals surface area contributed by atoms with E-state index in [1.165, 1.54) is 12.5 Å². The number of fused-ring (bicyclic) bond motifs is 1. The van der Waals surface area contributed by atoms with Crippen LogP contribution in [0.4, 0.5) is 15.8 Å². The lowest BCUT2D eigenvalue weighted by molar-refractivity contribution is -0.0613. The van der Waals surface area contributed by atoms with Crippen LogP contribution in [0.5, 0.6) is 0 Å². The molecular formula is C15H21FN2O. The Kier molecular flexibility index (Phi) is 3.13. The molecule has 1 saturated heterocycles. The van der Waals surface area contributed by atoms with Crippen molar-refractivity contribution in [2.45, 2.75) is 37.7 Å². The summed E-state index contributed by atoms with van der Waals surface area (Å²) in [4.78, 5) is 2.05. The second-order valence-corrected chi connectivity index (χ2v) is 5.95. The molecule has 0 radical (unpaired) electrons. The van der Waals surface area contributed by atoms with Crippen LogP contribution in [0, 0.1) is 11.7 Å². The summed E-state index contributed by atoms with van der Waals surface area (Å²) in [5, 5.41) is 10.6. The summed E-state index contributed by atoms with van der Waals surface area (Å²) in [5.41, 5.74) is 6.14. The Hall–Kier alpha value is -1.29. The maximum absolute atomic E-state index is 14.0. The molecule has 0 aromatic heterocycles. The van der Waals surface area contributed by atoms with Gasteiger partial charge in [0.2, 0.25) is 0 Å². The number of benzene rings is 1. The SMILES string of the molecule is Nc1ccc(N2CCC3(O)CCCCC3C2)c(F)c1. The van der Waals surface area contributed by atoms with Crippen molar-refractivity contribution < 1.29 is 9.50 Å². The molecule has 3 nitrogen and oxygen atoms in total. The molecular weight excluding hydrogens is 243 g/mol. The van der Waals surface area contributed by atoms with E-state index in [1.54, 1.807) is 12.1 Å². The predicted molar refractivity (Wildman–Crippen MR) is 74.6 cm³/mol. The molecule has 4 heteroatoms. The minimum Gasteiger partial charge on any atom is -0.399 e. The zero-order valence-electron chi connectivity index (χ0n) is 11.1. The molecule has 2 fully saturated rings. The number of aliphatic hydroxyl groups is 1. The van der Waals surface area contributed by atoms with E-state index in [2.05, 4.69) is 4.90 Å². The van der Waals surface area contributed by atoms with Crippen LogP contribution in [0.25, 0.3) is 0 Å². The van der Waals surface area contributed by atoms with E-state index in [-0.39, 0.29) is 11.7 Å². The molecule has 1 saturated carbocycles. The topological polar surface area (TPSA) is 49.5 Å². The normalized spacial score (nSPS) is 31.1. The third-order valence-electron chi connectivity index (χ3n) is 4.74. The van der Waals surface area contributed by atoms with Gasteiger partial charge in [0.15, 0.2) is 0 Å². The monoisotopic (exact) mass is 264 g/mol.